The van der Waals surface area contributed by atoms with Crippen LogP contribution in [0.2, 0.25) is 5.28 Å². The number of hydrogen-bond acceptors (Lipinski definition) is 7. The van der Waals surface area contributed by atoms with Gasteiger partial charge in [-0.1, -0.05) is 13.0 Å². The van der Waals surface area contributed by atoms with Crippen LogP contribution < -0.4 is 5.73 Å². The molecule has 180 valence electrons. The van der Waals surface area contributed by atoms with Gasteiger partial charge in [-0.3, -0.25) is 0 Å². The number of nitrogen functional groups attached to an aromatic ring is 1. The van der Waals surface area contributed by atoms with Gasteiger partial charge in [-0.2, -0.15) is 0 Å². The molecule has 0 atom stereocenters. The maximum atomic E-state index is 15.0. The summed E-state index contributed by atoms with van der Waals surface area (Å²) in [6.07, 6.45) is 2.64. The van der Waals surface area contributed by atoms with Gasteiger partial charge in [0.2, 0.25) is 5.28 Å². The molecule has 3 aromatic rings. The zero-order valence-corrected chi connectivity index (χ0v) is 21.1. The molecule has 1 aromatic carbocycles. The number of rotatable bonds is 3. The summed E-state index contributed by atoms with van der Waals surface area (Å²) in [4.78, 5) is 28.1. The van der Waals surface area contributed by atoms with Gasteiger partial charge >= 0.3 is 6.09 Å². The van der Waals surface area contributed by atoms with Crippen LogP contribution in [-0.4, -0.2) is 44.6 Å². The molecule has 2 aromatic heterocycles. The molecule has 34 heavy (non-hydrogen) atoms. The predicted molar refractivity (Wildman–Crippen MR) is 132 cm³/mol. The number of aromatic nitrogens is 3. The Morgan fingerprint density at radius 3 is 2.59 bits per heavy atom. The first-order valence-electron chi connectivity index (χ1n) is 11.0. The molecule has 0 radical (unpaired) electrons. The summed E-state index contributed by atoms with van der Waals surface area (Å²) in [5.74, 6) is -0.523. The molecule has 7 nitrogen and oxygen atoms in total. The smallest absolute Gasteiger partial charge is 0.410 e. The van der Waals surface area contributed by atoms with Crippen molar-refractivity contribution in [3.05, 3.63) is 46.6 Å². The third kappa shape index (κ3) is 5.00. The summed E-state index contributed by atoms with van der Waals surface area (Å²) in [5.41, 5.74) is 6.38. The molecule has 0 aliphatic carbocycles. The minimum Gasteiger partial charge on any atom is -0.444 e. The number of halogens is 2. The van der Waals surface area contributed by atoms with Crippen LogP contribution in [0.3, 0.4) is 0 Å². The topological polar surface area (TPSA) is 94.2 Å². The molecule has 10 heteroatoms. The van der Waals surface area contributed by atoms with E-state index in [2.05, 4.69) is 16.9 Å². The highest BCUT2D eigenvalue weighted by Crippen LogP contribution is 2.45. The highest BCUT2D eigenvalue weighted by molar-refractivity contribution is 7.15. The normalized spacial score (nSPS) is 15.9. The highest BCUT2D eigenvalue weighted by Gasteiger charge is 2.38. The maximum absolute atomic E-state index is 15.0. The standard InChI is InChI=1S/C24H27ClFN5O2S/c1-23(2,3)33-22(32)31-12-9-24(4,10-13-31)20-30-18(14-6-5-7-15(27)17(14)26)19(34-20)16-8-11-28-21(25)29-16/h5-8,11H,9-10,12-13,27H2,1-4H3. The molecule has 0 bridgehead atoms. The first kappa shape index (κ1) is 24.3. The summed E-state index contributed by atoms with van der Waals surface area (Å²) in [5, 5.41) is 0.946. The Labute approximate surface area is 207 Å². The van der Waals surface area contributed by atoms with Gasteiger partial charge in [0.05, 0.1) is 27.0 Å². The summed E-state index contributed by atoms with van der Waals surface area (Å²) in [6, 6.07) is 6.60. The quantitative estimate of drug-likeness (QED) is 0.351. The fourth-order valence-corrected chi connectivity index (χ4v) is 5.25. The number of piperidine rings is 1. The lowest BCUT2D eigenvalue weighted by Gasteiger charge is -2.38. The lowest BCUT2D eigenvalue weighted by atomic mass is 9.81. The third-order valence-electron chi connectivity index (χ3n) is 5.80. The molecule has 0 saturated carbocycles. The van der Waals surface area contributed by atoms with Crippen LogP contribution in [0.5, 0.6) is 0 Å². The van der Waals surface area contributed by atoms with Gasteiger partial charge in [-0.05, 0) is 63.4 Å². The molecule has 2 N–H and O–H groups in total. The van der Waals surface area contributed by atoms with Crippen molar-refractivity contribution in [3.63, 3.8) is 0 Å². The van der Waals surface area contributed by atoms with Gasteiger partial charge in [0.15, 0.2) is 5.82 Å². The van der Waals surface area contributed by atoms with E-state index < -0.39 is 11.4 Å². The summed E-state index contributed by atoms with van der Waals surface area (Å²) < 4.78 is 20.5. The van der Waals surface area contributed by atoms with Crippen molar-refractivity contribution in [1.82, 2.24) is 19.9 Å². The Hall–Kier alpha value is -2.78. The minimum atomic E-state index is -0.544. The molecule has 3 heterocycles. The predicted octanol–water partition coefficient (Wildman–Crippen LogP) is 5.93. The number of benzene rings is 1. The Balaban J connectivity index is 1.70. The fourth-order valence-electron chi connectivity index (χ4n) is 3.85. The van der Waals surface area contributed by atoms with Gasteiger partial charge < -0.3 is 15.4 Å². The van der Waals surface area contributed by atoms with Gasteiger partial charge in [0.1, 0.15) is 5.60 Å². The number of carbonyl (C=O) groups is 1. The minimum absolute atomic E-state index is 0.0515. The first-order valence-corrected chi connectivity index (χ1v) is 12.2. The molecular formula is C24H27ClFN5O2S. The van der Waals surface area contributed by atoms with Gasteiger partial charge in [-0.15, -0.1) is 11.3 Å². The van der Waals surface area contributed by atoms with Crippen molar-refractivity contribution in [2.45, 2.75) is 51.6 Å². The number of likely N-dealkylation sites (tertiary alicyclic amines) is 1. The summed E-state index contributed by atoms with van der Waals surface area (Å²) >= 11 is 7.50. The molecule has 0 unspecified atom stereocenters. The molecule has 1 amide bonds. The first-order chi connectivity index (χ1) is 16.0. The van der Waals surface area contributed by atoms with E-state index in [-0.39, 0.29) is 22.5 Å². The number of anilines is 1. The van der Waals surface area contributed by atoms with Crippen molar-refractivity contribution < 1.29 is 13.9 Å². The van der Waals surface area contributed by atoms with E-state index >= 15 is 4.39 Å². The Morgan fingerprint density at radius 2 is 1.94 bits per heavy atom. The van der Waals surface area contributed by atoms with E-state index in [1.165, 1.54) is 17.4 Å². The Bertz CT molecular complexity index is 1220. The number of hydrogen-bond donors (Lipinski definition) is 1. The second-order valence-electron chi connectivity index (χ2n) is 9.64. The van der Waals surface area contributed by atoms with Crippen LogP contribution in [0.25, 0.3) is 21.8 Å². The van der Waals surface area contributed by atoms with Gasteiger partial charge in [-0.25, -0.2) is 24.1 Å². The number of amides is 1. The van der Waals surface area contributed by atoms with Crippen molar-refractivity contribution in [2.75, 3.05) is 18.8 Å². The van der Waals surface area contributed by atoms with Crippen LogP contribution in [0.15, 0.2) is 30.5 Å². The van der Waals surface area contributed by atoms with Gasteiger partial charge in [0, 0.05) is 30.3 Å². The number of nitrogens with zero attached hydrogens (tertiary/aromatic N) is 4. The third-order valence-corrected chi connectivity index (χ3v) is 7.37. The average molecular weight is 504 g/mol. The molecule has 1 aliphatic heterocycles. The number of ether oxygens (including phenoxy) is 1. The van der Waals surface area contributed by atoms with Crippen molar-refractivity contribution in [3.8, 4) is 21.8 Å². The SMILES string of the molecule is CC(C)(C)OC(=O)N1CCC(C)(c2nc(-c3cccc(N)c3F)c(-c3ccnc(Cl)n3)s2)CC1. The molecule has 1 saturated heterocycles. The maximum Gasteiger partial charge on any atom is 0.410 e. The van der Waals surface area contributed by atoms with Crippen molar-refractivity contribution in [2.24, 2.45) is 0 Å². The van der Waals surface area contributed by atoms with E-state index in [1.807, 2.05) is 20.8 Å². The van der Waals surface area contributed by atoms with Crippen molar-refractivity contribution in [1.29, 1.82) is 0 Å². The van der Waals surface area contributed by atoms with Crippen LogP contribution in [0.1, 0.15) is 45.5 Å². The molecule has 0 spiro atoms. The number of nitrogens with two attached hydrogens (primary N) is 1. The number of thiazole rings is 1. The Morgan fingerprint density at radius 1 is 1.24 bits per heavy atom. The van der Waals surface area contributed by atoms with Crippen LogP contribution in [0.4, 0.5) is 14.9 Å². The van der Waals surface area contributed by atoms with Crippen LogP contribution in [-0.2, 0) is 10.2 Å². The average Bonchev–Trinajstić information content (AvgIpc) is 3.21. The fraction of sp³-hybridized carbons (Fsp3) is 0.417. The van der Waals surface area contributed by atoms with Gasteiger partial charge in [0.25, 0.3) is 0 Å². The van der Waals surface area contributed by atoms with E-state index in [9.17, 15) is 4.79 Å². The second kappa shape index (κ2) is 9.11. The monoisotopic (exact) mass is 503 g/mol. The molecule has 1 aliphatic rings. The highest BCUT2D eigenvalue weighted by atomic mass is 35.5. The molecule has 4 rings (SSSR count). The Kier molecular flexibility index (Phi) is 6.52. The van der Waals surface area contributed by atoms with Crippen LogP contribution in [0, 0.1) is 5.82 Å². The van der Waals surface area contributed by atoms with Crippen LogP contribution >= 0.6 is 22.9 Å². The lowest BCUT2D eigenvalue weighted by molar-refractivity contribution is 0.0172. The van der Waals surface area contributed by atoms with E-state index in [0.29, 0.717) is 47.8 Å². The second-order valence-corrected chi connectivity index (χ2v) is 11.0. The molecular weight excluding hydrogens is 477 g/mol. The zero-order valence-electron chi connectivity index (χ0n) is 19.6. The number of carbonyl (C=O) groups excluding carboxylic acids is 1. The largest absolute Gasteiger partial charge is 0.444 e. The van der Waals surface area contributed by atoms with E-state index in [0.717, 1.165) is 5.01 Å². The van der Waals surface area contributed by atoms with E-state index in [4.69, 9.17) is 27.1 Å². The summed E-state index contributed by atoms with van der Waals surface area (Å²) in [7, 11) is 0. The zero-order chi connectivity index (χ0) is 24.7. The lowest BCUT2D eigenvalue weighted by Crippen LogP contribution is -2.45. The van der Waals surface area contributed by atoms with E-state index in [1.54, 1.807) is 29.3 Å². The van der Waals surface area contributed by atoms with Crippen molar-refractivity contribution >= 4 is 34.7 Å². The summed E-state index contributed by atoms with van der Waals surface area (Å²) in [6.45, 7) is 8.77. The molecule has 1 fully saturated rings.